The molecule has 1 aromatic heterocycles. The average molecular weight is 506 g/mol. The van der Waals surface area contributed by atoms with Gasteiger partial charge in [-0.25, -0.2) is 4.98 Å². The molecule has 2 bridgehead atoms. The lowest BCUT2D eigenvalue weighted by atomic mass is 9.49. The molecule has 5 rings (SSSR count). The number of aromatic nitrogens is 2. The lowest BCUT2D eigenvalue weighted by Crippen LogP contribution is -2.60. The monoisotopic (exact) mass is 506 g/mol. The smallest absolute Gasteiger partial charge is 0.137 e. The number of ether oxygens (including phenoxy) is 1. The van der Waals surface area contributed by atoms with Crippen molar-refractivity contribution in [2.24, 2.45) is 5.92 Å². The lowest BCUT2D eigenvalue weighted by molar-refractivity contribution is -0.0951. The Labute approximate surface area is 151 Å². The second kappa shape index (κ2) is 5.49. The van der Waals surface area contributed by atoms with E-state index < -0.39 is 0 Å². The quantitative estimate of drug-likeness (QED) is 0.566. The minimum absolute atomic E-state index is 0.378. The van der Waals surface area contributed by atoms with E-state index in [2.05, 4.69) is 61.9 Å². The third-order valence-electron chi connectivity index (χ3n) is 4.67. The summed E-state index contributed by atoms with van der Waals surface area (Å²) in [6.45, 7) is 1.25. The second-order valence-corrected chi connectivity index (χ2v) is 8.17. The fraction of sp³-hybridized carbons (Fsp3) is 0.438. The minimum Gasteiger partial charge on any atom is -0.369 e. The Bertz CT molecular complexity index is 651. The summed E-state index contributed by atoms with van der Waals surface area (Å²) in [6, 6.07) is 10.3. The Balaban J connectivity index is 1.49. The Morgan fingerprint density at radius 2 is 1.86 bits per heavy atom. The van der Waals surface area contributed by atoms with E-state index in [1.165, 1.54) is 28.5 Å². The topological polar surface area (TPSA) is 27.1 Å². The van der Waals surface area contributed by atoms with Crippen LogP contribution in [-0.4, -0.2) is 9.55 Å². The van der Waals surface area contributed by atoms with Crippen molar-refractivity contribution in [3.8, 4) is 0 Å². The van der Waals surface area contributed by atoms with Gasteiger partial charge in [-0.3, -0.25) is 0 Å². The third-order valence-corrected chi connectivity index (χ3v) is 7.45. The molecule has 3 saturated carbocycles. The van der Waals surface area contributed by atoms with E-state index >= 15 is 0 Å². The van der Waals surface area contributed by atoms with Crippen LogP contribution in [0.25, 0.3) is 0 Å². The molecule has 0 saturated heterocycles. The van der Waals surface area contributed by atoms with Gasteiger partial charge in [-0.05, 0) is 75.9 Å². The summed E-state index contributed by atoms with van der Waals surface area (Å²) in [5.74, 6) is 2.07. The highest BCUT2D eigenvalue weighted by Crippen LogP contribution is 2.63. The molecule has 2 aromatic rings. The fourth-order valence-corrected chi connectivity index (χ4v) is 4.97. The number of imidazole rings is 1. The summed E-state index contributed by atoms with van der Waals surface area (Å²) in [5, 5.41) is 0. The van der Waals surface area contributed by atoms with E-state index in [0.29, 0.717) is 18.8 Å². The summed E-state index contributed by atoms with van der Waals surface area (Å²) in [6.07, 6.45) is 4.00. The molecule has 1 heterocycles. The van der Waals surface area contributed by atoms with Gasteiger partial charge in [0.05, 0.1) is 6.61 Å². The number of nitrogens with zero attached hydrogens (tertiary/aromatic N) is 2. The number of rotatable bonds is 5. The normalized spacial score (nSPS) is 26.3. The highest BCUT2D eigenvalue weighted by atomic mass is 127. The predicted molar refractivity (Wildman–Crippen MR) is 97.9 cm³/mol. The SMILES string of the molecule is Ic1nc(COCc2ccccc2)n(C23CC(C2)C3)c1I. The van der Waals surface area contributed by atoms with Gasteiger partial charge < -0.3 is 9.30 Å². The van der Waals surface area contributed by atoms with Crippen LogP contribution in [0.2, 0.25) is 0 Å². The highest BCUT2D eigenvalue weighted by Gasteiger charge is 2.59. The molecule has 3 aliphatic rings. The van der Waals surface area contributed by atoms with E-state index in [9.17, 15) is 0 Å². The number of halogens is 2. The first-order valence-electron chi connectivity index (χ1n) is 7.23. The van der Waals surface area contributed by atoms with Crippen LogP contribution in [0.15, 0.2) is 30.3 Å². The van der Waals surface area contributed by atoms with Gasteiger partial charge in [0.25, 0.3) is 0 Å². The molecule has 3 fully saturated rings. The molecule has 0 unspecified atom stereocenters. The maximum absolute atomic E-state index is 5.91. The van der Waals surface area contributed by atoms with Crippen molar-refractivity contribution in [1.82, 2.24) is 9.55 Å². The van der Waals surface area contributed by atoms with Crippen molar-refractivity contribution in [3.63, 3.8) is 0 Å². The van der Waals surface area contributed by atoms with Gasteiger partial charge in [-0.1, -0.05) is 30.3 Å². The molecule has 110 valence electrons. The van der Waals surface area contributed by atoms with E-state index in [1.54, 1.807) is 0 Å². The van der Waals surface area contributed by atoms with E-state index in [0.717, 1.165) is 15.4 Å². The maximum Gasteiger partial charge on any atom is 0.137 e. The van der Waals surface area contributed by atoms with Crippen LogP contribution in [0.5, 0.6) is 0 Å². The van der Waals surface area contributed by atoms with Crippen LogP contribution in [0.3, 0.4) is 0 Å². The van der Waals surface area contributed by atoms with Gasteiger partial charge in [0.1, 0.15) is 19.8 Å². The average Bonchev–Trinajstić information content (AvgIpc) is 2.65. The van der Waals surface area contributed by atoms with Gasteiger partial charge in [0.15, 0.2) is 0 Å². The molecule has 0 spiro atoms. The highest BCUT2D eigenvalue weighted by molar-refractivity contribution is 14.1. The first-order valence-corrected chi connectivity index (χ1v) is 9.38. The molecule has 5 heteroatoms. The van der Waals surface area contributed by atoms with Crippen LogP contribution >= 0.6 is 45.2 Å². The van der Waals surface area contributed by atoms with Crippen LogP contribution < -0.4 is 0 Å². The molecule has 0 atom stereocenters. The minimum atomic E-state index is 0.378. The van der Waals surface area contributed by atoms with Crippen LogP contribution in [-0.2, 0) is 23.5 Å². The van der Waals surface area contributed by atoms with Crippen LogP contribution in [0, 0.1) is 13.3 Å². The number of hydrogen-bond donors (Lipinski definition) is 0. The first-order chi connectivity index (χ1) is 10.2. The predicted octanol–water partition coefficient (Wildman–Crippen LogP) is 4.32. The Hall–Kier alpha value is -0.150. The Morgan fingerprint density at radius 1 is 1.14 bits per heavy atom. The molecular formula is C16H16I2N2O. The maximum atomic E-state index is 5.91. The molecule has 0 N–H and O–H groups in total. The van der Waals surface area contributed by atoms with E-state index in [1.807, 2.05) is 18.2 Å². The molecular weight excluding hydrogens is 490 g/mol. The number of hydrogen-bond acceptors (Lipinski definition) is 2. The van der Waals surface area contributed by atoms with Crippen LogP contribution in [0.1, 0.15) is 30.7 Å². The van der Waals surface area contributed by atoms with Crippen molar-refractivity contribution in [1.29, 1.82) is 0 Å². The zero-order valence-electron chi connectivity index (χ0n) is 11.6. The van der Waals surface area contributed by atoms with Gasteiger partial charge in [-0.15, -0.1) is 0 Å². The molecule has 0 aliphatic heterocycles. The number of benzene rings is 1. The van der Waals surface area contributed by atoms with E-state index in [-0.39, 0.29) is 0 Å². The van der Waals surface area contributed by atoms with Crippen LogP contribution in [0.4, 0.5) is 0 Å². The van der Waals surface area contributed by atoms with Crippen molar-refractivity contribution < 1.29 is 4.74 Å². The summed E-state index contributed by atoms with van der Waals surface area (Å²) in [4.78, 5) is 4.73. The molecule has 21 heavy (non-hydrogen) atoms. The van der Waals surface area contributed by atoms with Crippen molar-refractivity contribution in [2.45, 2.75) is 38.0 Å². The summed E-state index contributed by atoms with van der Waals surface area (Å²) in [5.41, 5.74) is 1.59. The Kier molecular flexibility index (Phi) is 3.77. The molecule has 3 aliphatic carbocycles. The summed E-state index contributed by atoms with van der Waals surface area (Å²) in [7, 11) is 0. The van der Waals surface area contributed by atoms with Gasteiger partial charge in [-0.2, -0.15) is 0 Å². The largest absolute Gasteiger partial charge is 0.369 e. The molecule has 3 nitrogen and oxygen atoms in total. The second-order valence-electron chi connectivity index (χ2n) is 6.13. The zero-order chi connectivity index (χ0) is 14.4. The standard InChI is InChI=1S/C16H16I2N2O/c17-14-15(18)20(16-6-12(7-16)8-16)13(19-14)10-21-9-11-4-2-1-3-5-11/h1-5,12H,6-10H2. The van der Waals surface area contributed by atoms with Crippen molar-refractivity contribution in [2.75, 3.05) is 0 Å². The van der Waals surface area contributed by atoms with Crippen molar-refractivity contribution >= 4 is 45.2 Å². The lowest BCUT2D eigenvalue weighted by Gasteiger charge is -2.62. The summed E-state index contributed by atoms with van der Waals surface area (Å²) >= 11 is 4.77. The van der Waals surface area contributed by atoms with Gasteiger partial charge in [0, 0.05) is 5.54 Å². The molecule has 1 aromatic carbocycles. The zero-order valence-corrected chi connectivity index (χ0v) is 15.9. The molecule has 0 radical (unpaired) electrons. The van der Waals surface area contributed by atoms with Gasteiger partial charge >= 0.3 is 0 Å². The molecule has 0 amide bonds. The van der Waals surface area contributed by atoms with E-state index in [4.69, 9.17) is 9.72 Å². The summed E-state index contributed by atoms with van der Waals surface area (Å²) < 4.78 is 10.8. The van der Waals surface area contributed by atoms with Gasteiger partial charge in [0.2, 0.25) is 0 Å². The van der Waals surface area contributed by atoms with Crippen molar-refractivity contribution in [3.05, 3.63) is 49.1 Å². The fourth-order valence-electron chi connectivity index (χ4n) is 3.53. The first kappa shape index (κ1) is 14.4. The third kappa shape index (κ3) is 2.45. The Morgan fingerprint density at radius 3 is 2.48 bits per heavy atom.